The summed E-state index contributed by atoms with van der Waals surface area (Å²) in [5.41, 5.74) is 7.93. The minimum Gasteiger partial charge on any atom is -0.256 e. The molecule has 0 aliphatic rings. The Bertz CT molecular complexity index is 833. The second kappa shape index (κ2) is 11.0. The molecule has 0 N–H and O–H groups in total. The maximum Gasteiger partial charge on any atom is 0.0707 e. The van der Waals surface area contributed by atoms with E-state index < -0.39 is 0 Å². The molecule has 0 unspecified atom stereocenters. The summed E-state index contributed by atoms with van der Waals surface area (Å²) in [7, 11) is 0. The number of hydrogen-bond donors (Lipinski definition) is 0. The lowest BCUT2D eigenvalue weighted by molar-refractivity contribution is 0.640. The molecule has 2 aromatic rings. The highest BCUT2D eigenvalue weighted by atomic mass is 14.6. The molecule has 1 aromatic heterocycles. The fourth-order valence-electron chi connectivity index (χ4n) is 3.91. The molecule has 0 spiro atoms. The van der Waals surface area contributed by atoms with Crippen molar-refractivity contribution in [3.05, 3.63) is 77.5 Å². The molecule has 150 valence electrons. The van der Waals surface area contributed by atoms with Crippen molar-refractivity contribution in [3.8, 4) is 0 Å². The van der Waals surface area contributed by atoms with Gasteiger partial charge in [0.05, 0.1) is 5.52 Å². The molecule has 0 aliphatic heterocycles. The third kappa shape index (κ3) is 7.11. The number of fused-ring (bicyclic) bond motifs is 1. The Morgan fingerprint density at radius 1 is 1.07 bits per heavy atom. The molecule has 1 heteroatoms. The van der Waals surface area contributed by atoms with E-state index in [-0.39, 0.29) is 0 Å². The predicted molar refractivity (Wildman–Crippen MR) is 125 cm³/mol. The van der Waals surface area contributed by atoms with E-state index in [0.717, 1.165) is 50.0 Å². The number of rotatable bonds is 11. The van der Waals surface area contributed by atoms with Crippen LogP contribution in [0.5, 0.6) is 0 Å². The number of aromatic nitrogens is 1. The molecule has 0 amide bonds. The summed E-state index contributed by atoms with van der Waals surface area (Å²) < 4.78 is 0. The number of aryl methyl sites for hydroxylation is 1. The predicted octanol–water partition coefficient (Wildman–Crippen LogP) is 8.00. The van der Waals surface area contributed by atoms with Crippen LogP contribution in [0, 0.1) is 5.92 Å². The van der Waals surface area contributed by atoms with Crippen molar-refractivity contribution in [2.45, 2.75) is 72.6 Å². The summed E-state index contributed by atoms with van der Waals surface area (Å²) in [6.45, 7) is 17.3. The van der Waals surface area contributed by atoms with Gasteiger partial charge in [0.15, 0.2) is 0 Å². The average molecular weight is 376 g/mol. The van der Waals surface area contributed by atoms with Crippen molar-refractivity contribution in [1.82, 2.24) is 4.98 Å². The highest BCUT2D eigenvalue weighted by Crippen LogP contribution is 2.26. The summed E-state index contributed by atoms with van der Waals surface area (Å²) in [6.07, 6.45) is 11.9. The molecule has 0 bridgehead atoms. The Morgan fingerprint density at radius 2 is 1.86 bits per heavy atom. The third-order valence-corrected chi connectivity index (χ3v) is 5.15. The van der Waals surface area contributed by atoms with Crippen LogP contribution in [0.1, 0.15) is 70.9 Å². The Balaban J connectivity index is 2.14. The van der Waals surface area contributed by atoms with Crippen molar-refractivity contribution in [1.29, 1.82) is 0 Å². The summed E-state index contributed by atoms with van der Waals surface area (Å²) in [6, 6.07) is 8.70. The van der Waals surface area contributed by atoms with Crippen LogP contribution in [-0.2, 0) is 12.8 Å². The minimum atomic E-state index is 0.723. The van der Waals surface area contributed by atoms with Crippen LogP contribution in [-0.4, -0.2) is 4.98 Å². The number of pyridine rings is 1. The molecule has 0 radical (unpaired) electrons. The summed E-state index contributed by atoms with van der Waals surface area (Å²) >= 11 is 0. The molecule has 1 heterocycles. The van der Waals surface area contributed by atoms with Gasteiger partial charge in [-0.1, -0.05) is 55.4 Å². The van der Waals surface area contributed by atoms with Crippen LogP contribution < -0.4 is 0 Å². The lowest BCUT2D eigenvalue weighted by Gasteiger charge is -2.13. The van der Waals surface area contributed by atoms with Crippen LogP contribution in [0.4, 0.5) is 0 Å². The maximum atomic E-state index is 4.62. The molecule has 2 rings (SSSR count). The van der Waals surface area contributed by atoms with Crippen molar-refractivity contribution < 1.29 is 0 Å². The van der Waals surface area contributed by atoms with Crippen molar-refractivity contribution in [2.75, 3.05) is 0 Å². The third-order valence-electron chi connectivity index (χ3n) is 5.15. The quantitative estimate of drug-likeness (QED) is 0.362. The van der Waals surface area contributed by atoms with Gasteiger partial charge in [-0.05, 0) is 88.0 Å². The number of hydrogen-bond acceptors (Lipinski definition) is 1. The average Bonchev–Trinajstić information content (AvgIpc) is 2.61. The van der Waals surface area contributed by atoms with E-state index in [2.05, 4.69) is 76.2 Å². The van der Waals surface area contributed by atoms with Gasteiger partial charge in [-0.15, -0.1) is 6.58 Å². The van der Waals surface area contributed by atoms with Gasteiger partial charge < -0.3 is 0 Å². The van der Waals surface area contributed by atoms with Gasteiger partial charge in [-0.3, -0.25) is 4.98 Å². The summed E-state index contributed by atoms with van der Waals surface area (Å²) in [5, 5.41) is 1.33. The molecule has 28 heavy (non-hydrogen) atoms. The molecule has 0 saturated heterocycles. The van der Waals surface area contributed by atoms with Crippen LogP contribution in [0.3, 0.4) is 0 Å². The first kappa shape index (κ1) is 22.1. The van der Waals surface area contributed by atoms with Crippen molar-refractivity contribution >= 4 is 10.9 Å². The standard InChI is InChI=1S/C27H37N/c1-20(2)10-7-11-23(6)19-25-14-9-15-26-27(25)24(16-17-28-26)13-8-12-22(5)18-21(3)4/h9,12,14-17,21H,1,6-8,10-11,13,18-19H2,2-5H3/b22-12+. The highest BCUT2D eigenvalue weighted by molar-refractivity contribution is 5.85. The van der Waals surface area contributed by atoms with Gasteiger partial charge >= 0.3 is 0 Å². The molecule has 0 fully saturated rings. The zero-order valence-corrected chi connectivity index (χ0v) is 18.4. The highest BCUT2D eigenvalue weighted by Gasteiger charge is 2.09. The Hall–Kier alpha value is -2.15. The Morgan fingerprint density at radius 3 is 2.57 bits per heavy atom. The van der Waals surface area contributed by atoms with Crippen LogP contribution in [0.15, 0.2) is 66.4 Å². The number of allylic oxidation sites excluding steroid dienone is 4. The fraction of sp³-hybridized carbons (Fsp3) is 0.444. The largest absolute Gasteiger partial charge is 0.256 e. The Labute approximate surface area is 172 Å². The van der Waals surface area contributed by atoms with E-state index in [1.54, 1.807) is 0 Å². The van der Waals surface area contributed by atoms with Crippen LogP contribution >= 0.6 is 0 Å². The van der Waals surface area contributed by atoms with Gasteiger partial charge in [0.25, 0.3) is 0 Å². The minimum absolute atomic E-state index is 0.723. The van der Waals surface area contributed by atoms with E-state index in [1.807, 2.05) is 6.20 Å². The zero-order chi connectivity index (χ0) is 20.5. The van der Waals surface area contributed by atoms with Gasteiger partial charge in [-0.2, -0.15) is 0 Å². The first-order chi connectivity index (χ1) is 13.4. The molecular weight excluding hydrogens is 338 g/mol. The molecule has 1 aromatic carbocycles. The molecule has 0 aliphatic carbocycles. The van der Waals surface area contributed by atoms with E-state index in [1.165, 1.54) is 39.7 Å². The molecule has 1 nitrogen and oxygen atoms in total. The Kier molecular flexibility index (Phi) is 8.70. The SMILES string of the molecule is C=C(C)CCCC(=C)Cc1cccc2nccc(CC/C=C(\C)CC(C)C)c12. The summed E-state index contributed by atoms with van der Waals surface area (Å²) in [4.78, 5) is 4.62. The smallest absolute Gasteiger partial charge is 0.0707 e. The van der Waals surface area contributed by atoms with E-state index in [9.17, 15) is 0 Å². The van der Waals surface area contributed by atoms with Gasteiger partial charge in [0.1, 0.15) is 0 Å². The maximum absolute atomic E-state index is 4.62. The van der Waals surface area contributed by atoms with Crippen LogP contribution in [0.2, 0.25) is 0 Å². The first-order valence-electron chi connectivity index (χ1n) is 10.7. The normalized spacial score (nSPS) is 12.0. The van der Waals surface area contributed by atoms with E-state index in [4.69, 9.17) is 0 Å². The molecule has 0 atom stereocenters. The lowest BCUT2D eigenvalue weighted by atomic mass is 9.93. The van der Waals surface area contributed by atoms with E-state index in [0.29, 0.717) is 0 Å². The second-order valence-electron chi connectivity index (χ2n) is 8.71. The van der Waals surface area contributed by atoms with Gasteiger partial charge in [0, 0.05) is 11.6 Å². The summed E-state index contributed by atoms with van der Waals surface area (Å²) in [5.74, 6) is 0.723. The van der Waals surface area contributed by atoms with Gasteiger partial charge in [0.2, 0.25) is 0 Å². The van der Waals surface area contributed by atoms with Crippen molar-refractivity contribution in [3.63, 3.8) is 0 Å². The zero-order valence-electron chi connectivity index (χ0n) is 18.4. The monoisotopic (exact) mass is 375 g/mol. The lowest BCUT2D eigenvalue weighted by Crippen LogP contribution is -1.97. The van der Waals surface area contributed by atoms with Gasteiger partial charge in [-0.25, -0.2) is 0 Å². The number of benzene rings is 1. The van der Waals surface area contributed by atoms with Crippen LogP contribution in [0.25, 0.3) is 10.9 Å². The van der Waals surface area contributed by atoms with E-state index >= 15 is 0 Å². The van der Waals surface area contributed by atoms with Crippen molar-refractivity contribution in [2.24, 2.45) is 5.92 Å². The molecule has 0 saturated carbocycles. The molecular formula is C27H37N. The number of nitrogens with zero attached hydrogens (tertiary/aromatic N) is 1. The fourth-order valence-corrected chi connectivity index (χ4v) is 3.91. The second-order valence-corrected chi connectivity index (χ2v) is 8.71. The first-order valence-corrected chi connectivity index (χ1v) is 10.7. The topological polar surface area (TPSA) is 12.9 Å².